The van der Waals surface area contributed by atoms with Gasteiger partial charge in [-0.3, -0.25) is 4.99 Å². The number of anilines is 1. The monoisotopic (exact) mass is 319 g/mol. The number of benzene rings is 1. The predicted molar refractivity (Wildman–Crippen MR) is 92.5 cm³/mol. The van der Waals surface area contributed by atoms with Crippen LogP contribution >= 0.6 is 0 Å². The molecule has 2 aliphatic heterocycles. The number of likely N-dealkylation sites (N-methyl/N-ethyl adjacent to an activating group) is 1. The summed E-state index contributed by atoms with van der Waals surface area (Å²) < 4.78 is 14.5. The highest BCUT2D eigenvalue weighted by molar-refractivity contribution is 5.80. The Bertz CT molecular complexity index is 552. The predicted octanol–water partition coefficient (Wildman–Crippen LogP) is 1.41. The maximum Gasteiger partial charge on any atom is 0.191 e. The second-order valence-electron chi connectivity index (χ2n) is 6.07. The van der Waals surface area contributed by atoms with Gasteiger partial charge in [0.25, 0.3) is 0 Å². The van der Waals surface area contributed by atoms with Crippen LogP contribution in [0.3, 0.4) is 0 Å². The lowest BCUT2D eigenvalue weighted by molar-refractivity contribution is 0.270. The van der Waals surface area contributed by atoms with Gasteiger partial charge in [-0.1, -0.05) is 13.0 Å². The first kappa shape index (κ1) is 16.1. The molecule has 2 N–H and O–H groups in total. The summed E-state index contributed by atoms with van der Waals surface area (Å²) in [5.41, 5.74) is 1.66. The Kier molecular flexibility index (Phi) is 5.33. The summed E-state index contributed by atoms with van der Waals surface area (Å²) in [6, 6.07) is 5.54. The van der Waals surface area contributed by atoms with E-state index in [1.54, 1.807) is 6.07 Å². The van der Waals surface area contributed by atoms with Crippen molar-refractivity contribution in [1.29, 1.82) is 0 Å². The summed E-state index contributed by atoms with van der Waals surface area (Å²) >= 11 is 0. The van der Waals surface area contributed by atoms with Crippen LogP contribution < -0.4 is 15.5 Å². The lowest BCUT2D eigenvalue weighted by Gasteiger charge is -2.35. The largest absolute Gasteiger partial charge is 0.367 e. The molecule has 0 aromatic heterocycles. The summed E-state index contributed by atoms with van der Waals surface area (Å²) in [4.78, 5) is 8.90. The van der Waals surface area contributed by atoms with Gasteiger partial charge in [0, 0.05) is 45.8 Å². The first-order valence-corrected chi connectivity index (χ1v) is 8.54. The van der Waals surface area contributed by atoms with Gasteiger partial charge in [-0.15, -0.1) is 0 Å². The number of rotatable bonds is 4. The number of nitrogens with one attached hydrogen (secondary N) is 2. The van der Waals surface area contributed by atoms with Crippen molar-refractivity contribution in [2.75, 3.05) is 50.7 Å². The molecule has 2 aliphatic rings. The second kappa shape index (κ2) is 7.64. The lowest BCUT2D eigenvalue weighted by atomic mass is 10.1. The molecule has 0 unspecified atom stereocenters. The molecule has 0 atom stereocenters. The van der Waals surface area contributed by atoms with Crippen LogP contribution in [0.25, 0.3) is 0 Å². The third-order valence-electron chi connectivity index (χ3n) is 4.53. The smallest absolute Gasteiger partial charge is 0.191 e. The normalized spacial score (nSPS) is 19.2. The molecule has 23 heavy (non-hydrogen) atoms. The Morgan fingerprint density at radius 1 is 1.26 bits per heavy atom. The highest BCUT2D eigenvalue weighted by Crippen LogP contribution is 2.22. The van der Waals surface area contributed by atoms with Crippen LogP contribution in [-0.2, 0) is 6.54 Å². The zero-order valence-electron chi connectivity index (χ0n) is 13.8. The van der Waals surface area contributed by atoms with Gasteiger partial charge in [0.2, 0.25) is 0 Å². The average molecular weight is 319 g/mol. The van der Waals surface area contributed by atoms with Crippen molar-refractivity contribution in [2.45, 2.75) is 19.9 Å². The van der Waals surface area contributed by atoms with Gasteiger partial charge in [-0.05, 0) is 30.7 Å². The number of guanidine groups is 1. The third-order valence-corrected chi connectivity index (χ3v) is 4.53. The van der Waals surface area contributed by atoms with Crippen LogP contribution in [0.4, 0.5) is 10.1 Å². The van der Waals surface area contributed by atoms with E-state index < -0.39 is 0 Å². The molecule has 0 spiro atoms. The van der Waals surface area contributed by atoms with Gasteiger partial charge in [-0.2, -0.15) is 0 Å². The summed E-state index contributed by atoms with van der Waals surface area (Å²) in [5, 5.41) is 6.44. The topological polar surface area (TPSA) is 42.9 Å². The fourth-order valence-corrected chi connectivity index (χ4v) is 3.06. The van der Waals surface area contributed by atoms with E-state index in [0.717, 1.165) is 69.4 Å². The summed E-state index contributed by atoms with van der Waals surface area (Å²) in [6.45, 7) is 9.42. The molecule has 5 nitrogen and oxygen atoms in total. The molecular weight excluding hydrogens is 293 g/mol. The number of halogens is 1. The van der Waals surface area contributed by atoms with Crippen molar-refractivity contribution < 1.29 is 4.39 Å². The van der Waals surface area contributed by atoms with Crippen LogP contribution in [0.5, 0.6) is 0 Å². The molecule has 2 heterocycles. The first-order chi connectivity index (χ1) is 11.3. The maximum absolute atomic E-state index is 14.5. The Morgan fingerprint density at radius 2 is 2.09 bits per heavy atom. The summed E-state index contributed by atoms with van der Waals surface area (Å²) in [6.07, 6.45) is 1.07. The van der Waals surface area contributed by atoms with Gasteiger partial charge < -0.3 is 20.4 Å². The van der Waals surface area contributed by atoms with Crippen LogP contribution in [0.1, 0.15) is 18.9 Å². The molecule has 3 rings (SSSR count). The molecule has 0 aliphatic carbocycles. The highest BCUT2D eigenvalue weighted by Gasteiger charge is 2.18. The minimum absolute atomic E-state index is 0.132. The van der Waals surface area contributed by atoms with E-state index in [0.29, 0.717) is 6.54 Å². The molecule has 0 saturated carbocycles. The zero-order chi connectivity index (χ0) is 16.1. The van der Waals surface area contributed by atoms with Crippen LogP contribution in [0, 0.1) is 5.82 Å². The van der Waals surface area contributed by atoms with Crippen LogP contribution in [-0.4, -0.2) is 56.7 Å². The molecule has 0 bridgehead atoms. The van der Waals surface area contributed by atoms with Gasteiger partial charge in [0.1, 0.15) is 5.82 Å². The second-order valence-corrected chi connectivity index (χ2v) is 6.07. The molecule has 1 fully saturated rings. The number of hydrogen-bond donors (Lipinski definition) is 2. The number of aliphatic imine (C=N–C) groups is 1. The SMILES string of the molecule is CCN1CCN(c2ccc(CNC3=NCCCN3)cc2F)CC1. The number of hydrogen-bond acceptors (Lipinski definition) is 5. The van der Waals surface area contributed by atoms with Crippen molar-refractivity contribution in [2.24, 2.45) is 4.99 Å². The van der Waals surface area contributed by atoms with Gasteiger partial charge in [0.15, 0.2) is 5.96 Å². The summed E-state index contributed by atoms with van der Waals surface area (Å²) in [5.74, 6) is 0.684. The fraction of sp³-hybridized carbons (Fsp3) is 0.588. The molecule has 1 saturated heterocycles. The van der Waals surface area contributed by atoms with E-state index >= 15 is 0 Å². The van der Waals surface area contributed by atoms with E-state index in [1.807, 2.05) is 12.1 Å². The Labute approximate surface area is 137 Å². The number of piperazine rings is 1. The summed E-state index contributed by atoms with van der Waals surface area (Å²) in [7, 11) is 0. The molecule has 0 radical (unpaired) electrons. The van der Waals surface area contributed by atoms with Gasteiger partial charge in [0.05, 0.1) is 5.69 Å². The molecule has 6 heteroatoms. The quantitative estimate of drug-likeness (QED) is 0.881. The Morgan fingerprint density at radius 3 is 2.74 bits per heavy atom. The Hall–Kier alpha value is -1.82. The highest BCUT2D eigenvalue weighted by atomic mass is 19.1. The minimum atomic E-state index is -0.132. The minimum Gasteiger partial charge on any atom is -0.367 e. The fourth-order valence-electron chi connectivity index (χ4n) is 3.06. The zero-order valence-corrected chi connectivity index (χ0v) is 13.8. The van der Waals surface area contributed by atoms with Gasteiger partial charge >= 0.3 is 0 Å². The van der Waals surface area contributed by atoms with Crippen LogP contribution in [0.15, 0.2) is 23.2 Å². The molecule has 126 valence electrons. The van der Waals surface area contributed by atoms with Crippen molar-refractivity contribution in [1.82, 2.24) is 15.5 Å². The molecular formula is C17H26FN5. The third kappa shape index (κ3) is 4.13. The van der Waals surface area contributed by atoms with E-state index in [9.17, 15) is 4.39 Å². The van der Waals surface area contributed by atoms with Crippen molar-refractivity contribution in [3.05, 3.63) is 29.6 Å². The van der Waals surface area contributed by atoms with Crippen molar-refractivity contribution in [3.8, 4) is 0 Å². The average Bonchev–Trinajstić information content (AvgIpc) is 2.61. The van der Waals surface area contributed by atoms with E-state index in [1.165, 1.54) is 0 Å². The first-order valence-electron chi connectivity index (χ1n) is 8.54. The van der Waals surface area contributed by atoms with E-state index in [2.05, 4.69) is 32.3 Å². The maximum atomic E-state index is 14.5. The van der Waals surface area contributed by atoms with Gasteiger partial charge in [-0.25, -0.2) is 4.39 Å². The molecule has 0 amide bonds. The van der Waals surface area contributed by atoms with Crippen LogP contribution in [0.2, 0.25) is 0 Å². The molecule has 1 aromatic carbocycles. The standard InChI is InChI=1S/C17H26FN5/c1-2-22-8-10-23(11-9-22)16-5-4-14(12-15(16)18)13-21-17-19-6-3-7-20-17/h4-5,12H,2-3,6-11,13H2,1H3,(H2,19,20,21). The Balaban J connectivity index is 1.58. The number of nitrogens with zero attached hydrogens (tertiary/aromatic N) is 3. The lowest BCUT2D eigenvalue weighted by Crippen LogP contribution is -2.46. The van der Waals surface area contributed by atoms with E-state index in [4.69, 9.17) is 0 Å². The van der Waals surface area contributed by atoms with Crippen molar-refractivity contribution in [3.63, 3.8) is 0 Å². The van der Waals surface area contributed by atoms with E-state index in [-0.39, 0.29) is 5.82 Å². The molecule has 1 aromatic rings. The van der Waals surface area contributed by atoms with Crippen molar-refractivity contribution >= 4 is 11.6 Å².